The van der Waals surface area contributed by atoms with Crippen LogP contribution < -0.4 is 9.47 Å². The van der Waals surface area contributed by atoms with E-state index in [0.717, 1.165) is 5.56 Å². The molecule has 1 aromatic carbocycles. The summed E-state index contributed by atoms with van der Waals surface area (Å²) in [6.07, 6.45) is 1.66. The average Bonchev–Trinajstić information content (AvgIpc) is 2.75. The molecule has 0 amide bonds. The second-order valence-electron chi connectivity index (χ2n) is 3.10. The highest BCUT2D eigenvalue weighted by molar-refractivity contribution is 9.12. The summed E-state index contributed by atoms with van der Waals surface area (Å²) in [4.78, 5) is 11.2. The van der Waals surface area contributed by atoms with E-state index in [1.165, 1.54) is 7.11 Å². The highest BCUT2D eigenvalue weighted by Crippen LogP contribution is 2.33. The van der Waals surface area contributed by atoms with Crippen LogP contribution in [0, 0.1) is 0 Å². The quantitative estimate of drug-likeness (QED) is 0.618. The van der Waals surface area contributed by atoms with Crippen molar-refractivity contribution in [1.29, 1.82) is 0 Å². The summed E-state index contributed by atoms with van der Waals surface area (Å²) in [5.41, 5.74) is 0.835. The number of halogens is 1. The number of esters is 1. The first-order valence-corrected chi connectivity index (χ1v) is 5.35. The number of ether oxygens (including phenoxy) is 3. The molecule has 0 atom stereocenters. The standard InChI is InChI=1S/C11H9BrO4/c1-14-11(13)8(12)4-7-2-3-9-10(5-7)16-6-15-9/h2-5H,6H2,1H3. The molecule has 5 heteroatoms. The maximum atomic E-state index is 11.2. The fraction of sp³-hybridized carbons (Fsp3) is 0.182. The first-order valence-electron chi connectivity index (χ1n) is 4.56. The molecule has 0 saturated carbocycles. The Morgan fingerprint density at radius 2 is 2.19 bits per heavy atom. The topological polar surface area (TPSA) is 44.8 Å². The fourth-order valence-corrected chi connectivity index (χ4v) is 1.73. The van der Waals surface area contributed by atoms with Crippen LogP contribution in [0.15, 0.2) is 22.7 Å². The van der Waals surface area contributed by atoms with Crippen molar-refractivity contribution in [2.75, 3.05) is 13.9 Å². The summed E-state index contributed by atoms with van der Waals surface area (Å²) in [7, 11) is 1.33. The molecule has 1 aliphatic rings. The van der Waals surface area contributed by atoms with Gasteiger partial charge in [-0.25, -0.2) is 4.79 Å². The van der Waals surface area contributed by atoms with Crippen molar-refractivity contribution in [1.82, 2.24) is 0 Å². The minimum Gasteiger partial charge on any atom is -0.465 e. The predicted octanol–water partition coefficient (Wildman–Crippen LogP) is 2.32. The summed E-state index contributed by atoms with van der Waals surface area (Å²) < 4.78 is 15.3. The van der Waals surface area contributed by atoms with Gasteiger partial charge in [0.2, 0.25) is 6.79 Å². The zero-order chi connectivity index (χ0) is 11.5. The number of hydrogen-bond acceptors (Lipinski definition) is 4. The van der Waals surface area contributed by atoms with Crippen LogP contribution in [-0.4, -0.2) is 19.9 Å². The van der Waals surface area contributed by atoms with Crippen LogP contribution in [0.5, 0.6) is 11.5 Å². The summed E-state index contributed by atoms with van der Waals surface area (Å²) in [6, 6.07) is 5.43. The predicted molar refractivity (Wildman–Crippen MR) is 61.5 cm³/mol. The van der Waals surface area contributed by atoms with Crippen molar-refractivity contribution < 1.29 is 19.0 Å². The van der Waals surface area contributed by atoms with Crippen LogP contribution in [0.4, 0.5) is 0 Å². The lowest BCUT2D eigenvalue weighted by atomic mass is 10.2. The Balaban J connectivity index is 2.25. The van der Waals surface area contributed by atoms with Gasteiger partial charge in [0.1, 0.15) is 4.48 Å². The lowest BCUT2D eigenvalue weighted by Gasteiger charge is -1.99. The largest absolute Gasteiger partial charge is 0.465 e. The van der Waals surface area contributed by atoms with Crippen LogP contribution in [0.3, 0.4) is 0 Å². The van der Waals surface area contributed by atoms with E-state index < -0.39 is 5.97 Å². The molecule has 1 aliphatic heterocycles. The molecule has 1 aromatic rings. The molecule has 0 unspecified atom stereocenters. The van der Waals surface area contributed by atoms with E-state index in [1.807, 2.05) is 6.07 Å². The van der Waals surface area contributed by atoms with Gasteiger partial charge in [0.25, 0.3) is 0 Å². The van der Waals surface area contributed by atoms with Crippen molar-refractivity contribution in [3.63, 3.8) is 0 Å². The van der Waals surface area contributed by atoms with E-state index in [0.29, 0.717) is 16.0 Å². The van der Waals surface area contributed by atoms with Crippen LogP contribution in [0.25, 0.3) is 6.08 Å². The zero-order valence-corrected chi connectivity index (χ0v) is 10.1. The van der Waals surface area contributed by atoms with Gasteiger partial charge in [-0.3, -0.25) is 0 Å². The molecule has 2 rings (SSSR count). The lowest BCUT2D eigenvalue weighted by molar-refractivity contribution is -0.135. The number of methoxy groups -OCH3 is 1. The number of fused-ring (bicyclic) bond motifs is 1. The first-order chi connectivity index (χ1) is 7.70. The smallest absolute Gasteiger partial charge is 0.344 e. The van der Waals surface area contributed by atoms with Gasteiger partial charge in [-0.2, -0.15) is 0 Å². The van der Waals surface area contributed by atoms with Crippen LogP contribution >= 0.6 is 15.9 Å². The third-order valence-electron chi connectivity index (χ3n) is 2.07. The van der Waals surface area contributed by atoms with Gasteiger partial charge in [-0.05, 0) is 39.7 Å². The van der Waals surface area contributed by atoms with Crippen molar-refractivity contribution in [3.05, 3.63) is 28.2 Å². The van der Waals surface area contributed by atoms with Gasteiger partial charge in [-0.15, -0.1) is 0 Å². The molecule has 0 radical (unpaired) electrons. The summed E-state index contributed by atoms with van der Waals surface area (Å²) in [6.45, 7) is 0.237. The van der Waals surface area contributed by atoms with E-state index in [4.69, 9.17) is 9.47 Å². The van der Waals surface area contributed by atoms with Gasteiger partial charge in [0.05, 0.1) is 7.11 Å². The minimum absolute atomic E-state index is 0.237. The minimum atomic E-state index is -0.419. The molecule has 0 aromatic heterocycles. The van der Waals surface area contributed by atoms with Gasteiger partial charge >= 0.3 is 5.97 Å². The van der Waals surface area contributed by atoms with E-state index >= 15 is 0 Å². The number of carbonyl (C=O) groups excluding carboxylic acids is 1. The third kappa shape index (κ3) is 2.19. The second-order valence-corrected chi connectivity index (χ2v) is 3.95. The van der Waals surface area contributed by atoms with Crippen LogP contribution in [0.1, 0.15) is 5.56 Å². The van der Waals surface area contributed by atoms with Gasteiger partial charge < -0.3 is 14.2 Å². The maximum Gasteiger partial charge on any atom is 0.344 e. The number of carbonyl (C=O) groups is 1. The number of benzene rings is 1. The lowest BCUT2D eigenvalue weighted by Crippen LogP contribution is -1.98. The summed E-state index contributed by atoms with van der Waals surface area (Å²) in [5, 5.41) is 0. The Morgan fingerprint density at radius 3 is 2.94 bits per heavy atom. The van der Waals surface area contributed by atoms with Crippen LogP contribution in [0.2, 0.25) is 0 Å². The van der Waals surface area contributed by atoms with Gasteiger partial charge in [0, 0.05) is 0 Å². The van der Waals surface area contributed by atoms with E-state index in [9.17, 15) is 4.79 Å². The molecule has 0 N–H and O–H groups in total. The Kier molecular flexibility index (Phi) is 3.14. The Bertz CT molecular complexity index is 453. The van der Waals surface area contributed by atoms with Crippen molar-refractivity contribution in [3.8, 4) is 11.5 Å². The van der Waals surface area contributed by atoms with Gasteiger partial charge in [0.15, 0.2) is 11.5 Å². The van der Waals surface area contributed by atoms with Gasteiger partial charge in [-0.1, -0.05) is 6.07 Å². The van der Waals surface area contributed by atoms with E-state index in [-0.39, 0.29) is 6.79 Å². The molecular weight excluding hydrogens is 276 g/mol. The molecule has 0 aliphatic carbocycles. The fourth-order valence-electron chi connectivity index (χ4n) is 1.31. The SMILES string of the molecule is COC(=O)C(Br)=Cc1ccc2c(c1)OCO2. The van der Waals surface area contributed by atoms with Crippen molar-refractivity contribution in [2.45, 2.75) is 0 Å². The van der Waals surface area contributed by atoms with Crippen LogP contribution in [-0.2, 0) is 9.53 Å². The maximum absolute atomic E-state index is 11.2. The Hall–Kier alpha value is -1.49. The first kappa shape index (κ1) is 11.0. The second kappa shape index (κ2) is 4.57. The molecular formula is C11H9BrO4. The Morgan fingerprint density at radius 1 is 1.44 bits per heavy atom. The molecule has 1 heterocycles. The highest BCUT2D eigenvalue weighted by atomic mass is 79.9. The molecule has 0 saturated heterocycles. The average molecular weight is 285 g/mol. The third-order valence-corrected chi connectivity index (χ3v) is 2.62. The Labute approximate surface area is 101 Å². The van der Waals surface area contributed by atoms with Crippen molar-refractivity contribution >= 4 is 28.0 Å². The van der Waals surface area contributed by atoms with E-state index in [1.54, 1.807) is 18.2 Å². The normalized spacial score (nSPS) is 13.8. The summed E-state index contributed by atoms with van der Waals surface area (Å²) in [5.74, 6) is 0.975. The molecule has 0 bridgehead atoms. The highest BCUT2D eigenvalue weighted by Gasteiger charge is 2.13. The molecule has 0 fully saturated rings. The summed E-state index contributed by atoms with van der Waals surface area (Å²) >= 11 is 3.14. The molecule has 0 spiro atoms. The van der Waals surface area contributed by atoms with E-state index in [2.05, 4.69) is 20.7 Å². The molecule has 4 nitrogen and oxygen atoms in total. The molecule has 84 valence electrons. The monoisotopic (exact) mass is 284 g/mol. The zero-order valence-electron chi connectivity index (χ0n) is 8.53. The van der Waals surface area contributed by atoms with Crippen molar-refractivity contribution in [2.24, 2.45) is 0 Å². The number of rotatable bonds is 2. The molecule has 16 heavy (non-hydrogen) atoms. The number of hydrogen-bond donors (Lipinski definition) is 0.